The van der Waals surface area contributed by atoms with Crippen LogP contribution in [-0.4, -0.2) is 0 Å². The van der Waals surface area contributed by atoms with Crippen molar-refractivity contribution < 1.29 is 8.83 Å². The molecule has 3 heterocycles. The van der Waals surface area contributed by atoms with Gasteiger partial charge in [-0.05, 0) is 77.2 Å². The molecule has 0 radical (unpaired) electrons. The molecule has 0 unspecified atom stereocenters. The van der Waals surface area contributed by atoms with Crippen LogP contribution in [0.1, 0.15) is 0 Å². The van der Waals surface area contributed by atoms with Crippen molar-refractivity contribution in [1.82, 2.24) is 0 Å². The maximum atomic E-state index is 6.70. The van der Waals surface area contributed by atoms with Crippen molar-refractivity contribution in [3.63, 3.8) is 0 Å². The van der Waals surface area contributed by atoms with Gasteiger partial charge >= 0.3 is 0 Å². The zero-order valence-corrected chi connectivity index (χ0v) is 27.6. The highest BCUT2D eigenvalue weighted by Crippen LogP contribution is 2.48. The number of nitrogens with zero attached hydrogens (tertiary/aromatic N) is 1. The molecule has 50 heavy (non-hydrogen) atoms. The number of furan rings is 2. The first-order valence-electron chi connectivity index (χ1n) is 16.8. The van der Waals surface area contributed by atoms with Crippen LogP contribution >= 0.6 is 11.3 Å². The molecule has 11 rings (SSSR count). The second kappa shape index (κ2) is 10.6. The third kappa shape index (κ3) is 3.97. The molecule has 0 amide bonds. The standard InChI is InChI=1S/C46H27NO2S/c1-2-14-32-28(11-1)25-26-35-45-37(19-10-22-40(45)49-46(32)35)47(36-18-9-21-39-44(36)33-15-3-5-20-38(33)48-39)30-13-7-12-29(27-30)31-17-8-24-42-43(31)34-16-4-6-23-41(34)50-42/h1-27H. The summed E-state index contributed by atoms with van der Waals surface area (Å²) < 4.78 is 15.7. The number of hydrogen-bond donors (Lipinski definition) is 0. The van der Waals surface area contributed by atoms with E-state index in [4.69, 9.17) is 8.83 Å². The Bertz CT molecular complexity index is 3130. The Hall–Kier alpha value is -6.36. The first-order valence-corrected chi connectivity index (χ1v) is 17.7. The van der Waals surface area contributed by atoms with Crippen molar-refractivity contribution in [2.45, 2.75) is 0 Å². The van der Waals surface area contributed by atoms with Gasteiger partial charge in [-0.15, -0.1) is 11.3 Å². The van der Waals surface area contributed by atoms with Gasteiger partial charge in [-0.25, -0.2) is 0 Å². The Morgan fingerprint density at radius 1 is 0.420 bits per heavy atom. The highest BCUT2D eigenvalue weighted by atomic mass is 32.1. The van der Waals surface area contributed by atoms with Gasteiger partial charge in [0, 0.05) is 42.0 Å². The molecule has 4 heteroatoms. The summed E-state index contributed by atoms with van der Waals surface area (Å²) in [6.45, 7) is 0. The molecule has 0 bridgehead atoms. The lowest BCUT2D eigenvalue weighted by Gasteiger charge is -2.27. The molecule has 0 fully saturated rings. The summed E-state index contributed by atoms with van der Waals surface area (Å²) in [5.41, 5.74) is 9.04. The van der Waals surface area contributed by atoms with Crippen LogP contribution in [0.2, 0.25) is 0 Å². The van der Waals surface area contributed by atoms with Crippen molar-refractivity contribution >= 4 is 103 Å². The van der Waals surface area contributed by atoms with Gasteiger partial charge in [-0.2, -0.15) is 0 Å². The van der Waals surface area contributed by atoms with Crippen molar-refractivity contribution in [3.8, 4) is 11.1 Å². The van der Waals surface area contributed by atoms with Crippen LogP contribution in [0.15, 0.2) is 173 Å². The van der Waals surface area contributed by atoms with Crippen molar-refractivity contribution in [1.29, 1.82) is 0 Å². The van der Waals surface area contributed by atoms with Crippen molar-refractivity contribution in [3.05, 3.63) is 164 Å². The normalized spacial score (nSPS) is 12.0. The Kier molecular flexibility index (Phi) is 5.83. The van der Waals surface area contributed by atoms with Crippen molar-refractivity contribution in [2.75, 3.05) is 4.90 Å². The smallest absolute Gasteiger partial charge is 0.143 e. The van der Waals surface area contributed by atoms with E-state index >= 15 is 0 Å². The minimum atomic E-state index is 0.855. The van der Waals surface area contributed by atoms with E-state index < -0.39 is 0 Å². The third-order valence-corrected chi connectivity index (χ3v) is 11.2. The molecule has 0 aliphatic rings. The van der Waals surface area contributed by atoms with Gasteiger partial charge in [-0.1, -0.05) is 103 Å². The summed E-state index contributed by atoms with van der Waals surface area (Å²) in [6.07, 6.45) is 0. The fourth-order valence-corrected chi connectivity index (χ4v) is 9.03. The summed E-state index contributed by atoms with van der Waals surface area (Å²) in [5.74, 6) is 0. The summed E-state index contributed by atoms with van der Waals surface area (Å²) in [7, 11) is 0. The molecule has 0 aliphatic heterocycles. The molecule has 3 nitrogen and oxygen atoms in total. The lowest BCUT2D eigenvalue weighted by Crippen LogP contribution is -2.11. The van der Waals surface area contributed by atoms with E-state index in [1.54, 1.807) is 0 Å². The number of fused-ring (bicyclic) bond motifs is 11. The summed E-state index contributed by atoms with van der Waals surface area (Å²) in [5, 5.41) is 9.20. The quantitative estimate of drug-likeness (QED) is 0.189. The molecule has 0 aliphatic carbocycles. The van der Waals surface area contributed by atoms with Crippen LogP contribution in [0.4, 0.5) is 17.1 Å². The van der Waals surface area contributed by atoms with Gasteiger partial charge in [0.15, 0.2) is 0 Å². The predicted octanol–water partition coefficient (Wildman–Crippen LogP) is 14.1. The van der Waals surface area contributed by atoms with Gasteiger partial charge in [0.05, 0.1) is 22.1 Å². The van der Waals surface area contributed by atoms with E-state index in [9.17, 15) is 0 Å². The molecular formula is C46H27NO2S. The minimum Gasteiger partial charge on any atom is -0.456 e. The van der Waals surface area contributed by atoms with Crippen LogP contribution in [0.3, 0.4) is 0 Å². The minimum absolute atomic E-state index is 0.855. The second-order valence-electron chi connectivity index (χ2n) is 12.8. The van der Waals surface area contributed by atoms with Crippen LogP contribution in [0.25, 0.3) is 85.9 Å². The van der Waals surface area contributed by atoms with Crippen LogP contribution in [-0.2, 0) is 0 Å². The zero-order valence-electron chi connectivity index (χ0n) is 26.8. The highest BCUT2D eigenvalue weighted by molar-refractivity contribution is 7.25. The average molecular weight is 658 g/mol. The Morgan fingerprint density at radius 3 is 1.96 bits per heavy atom. The second-order valence-corrected chi connectivity index (χ2v) is 13.9. The summed E-state index contributed by atoms with van der Waals surface area (Å²) >= 11 is 1.85. The molecule has 0 saturated carbocycles. The molecular weight excluding hydrogens is 631 g/mol. The van der Waals surface area contributed by atoms with Crippen LogP contribution < -0.4 is 4.90 Å². The first-order chi connectivity index (χ1) is 24.8. The van der Waals surface area contributed by atoms with E-state index in [0.29, 0.717) is 0 Å². The number of hydrogen-bond acceptors (Lipinski definition) is 4. The van der Waals surface area contributed by atoms with Gasteiger partial charge < -0.3 is 13.7 Å². The average Bonchev–Trinajstić information content (AvgIpc) is 3.87. The monoisotopic (exact) mass is 657 g/mol. The number of para-hydroxylation sites is 1. The molecule has 234 valence electrons. The maximum Gasteiger partial charge on any atom is 0.143 e. The molecule has 8 aromatic carbocycles. The largest absolute Gasteiger partial charge is 0.456 e. The predicted molar refractivity (Wildman–Crippen MR) is 212 cm³/mol. The molecule has 0 atom stereocenters. The van der Waals surface area contributed by atoms with E-state index in [-0.39, 0.29) is 0 Å². The van der Waals surface area contributed by atoms with E-state index in [1.165, 1.54) is 31.3 Å². The number of thiophene rings is 1. The van der Waals surface area contributed by atoms with Gasteiger partial charge in [0.1, 0.15) is 22.3 Å². The molecule has 0 spiro atoms. The Labute approximate surface area is 290 Å². The summed E-state index contributed by atoms with van der Waals surface area (Å²) in [6, 6.07) is 58.3. The number of rotatable bonds is 4. The Balaban J connectivity index is 1.23. The van der Waals surface area contributed by atoms with Gasteiger partial charge in [0.2, 0.25) is 0 Å². The maximum absolute atomic E-state index is 6.70. The topological polar surface area (TPSA) is 29.5 Å². The SMILES string of the molecule is c1cc(-c2cccc3sc4ccccc4c23)cc(N(c2cccc3oc4ccccc4c23)c2cccc3oc4c5ccccc5ccc4c23)c1. The van der Waals surface area contributed by atoms with Gasteiger partial charge in [0.25, 0.3) is 0 Å². The highest BCUT2D eigenvalue weighted by Gasteiger charge is 2.24. The van der Waals surface area contributed by atoms with E-state index in [0.717, 1.165) is 71.7 Å². The fraction of sp³-hybridized carbons (Fsp3) is 0. The zero-order chi connectivity index (χ0) is 32.8. The van der Waals surface area contributed by atoms with Crippen LogP contribution in [0, 0.1) is 0 Å². The van der Waals surface area contributed by atoms with Gasteiger partial charge in [-0.3, -0.25) is 0 Å². The van der Waals surface area contributed by atoms with E-state index in [1.807, 2.05) is 23.5 Å². The van der Waals surface area contributed by atoms with Crippen LogP contribution in [0.5, 0.6) is 0 Å². The molecule has 0 saturated heterocycles. The van der Waals surface area contributed by atoms with Crippen molar-refractivity contribution in [2.24, 2.45) is 0 Å². The first kappa shape index (κ1) is 27.6. The fourth-order valence-electron chi connectivity index (χ4n) is 7.90. The lowest BCUT2D eigenvalue weighted by molar-refractivity contribution is 0.669. The molecule has 0 N–H and O–H groups in total. The van der Waals surface area contributed by atoms with E-state index in [2.05, 4.69) is 157 Å². The molecule has 3 aromatic heterocycles. The Morgan fingerprint density at radius 2 is 1.08 bits per heavy atom. The lowest BCUT2D eigenvalue weighted by atomic mass is 9.98. The number of benzene rings is 8. The molecule has 11 aromatic rings. The summed E-state index contributed by atoms with van der Waals surface area (Å²) in [4.78, 5) is 2.39. The number of anilines is 3. The third-order valence-electron chi connectivity index (χ3n) is 10.0.